The molecule has 2 aromatic rings. The van der Waals surface area contributed by atoms with Gasteiger partial charge in [-0.2, -0.15) is 5.10 Å². The van der Waals surface area contributed by atoms with Gasteiger partial charge in [0.05, 0.1) is 6.20 Å². The number of aromatic nitrogens is 3. The Bertz CT molecular complexity index is 450. The molecule has 0 atom stereocenters. The molecule has 0 N–H and O–H groups in total. The fraction of sp³-hybridized carbons (Fsp3) is 0.250. The van der Waals surface area contributed by atoms with E-state index in [9.17, 15) is 0 Å². The van der Waals surface area contributed by atoms with Crippen LogP contribution < -0.4 is 0 Å². The summed E-state index contributed by atoms with van der Waals surface area (Å²) in [6.07, 6.45) is 2.62. The highest BCUT2D eigenvalue weighted by Crippen LogP contribution is 2.18. The predicted octanol–water partition coefficient (Wildman–Crippen LogP) is 2.60. The lowest BCUT2D eigenvalue weighted by Crippen LogP contribution is -1.93. The lowest BCUT2D eigenvalue weighted by Gasteiger charge is -1.97. The molecule has 0 saturated heterocycles. The smallest absolute Gasteiger partial charge is 0.161 e. The molecular formula is C8H7Cl2N3. The van der Waals surface area contributed by atoms with Crippen molar-refractivity contribution in [1.82, 2.24) is 14.6 Å². The van der Waals surface area contributed by atoms with Gasteiger partial charge in [-0.1, -0.05) is 30.1 Å². The highest BCUT2D eigenvalue weighted by molar-refractivity contribution is 6.33. The van der Waals surface area contributed by atoms with E-state index in [4.69, 9.17) is 23.2 Å². The van der Waals surface area contributed by atoms with Crippen molar-refractivity contribution in [3.8, 4) is 0 Å². The normalized spacial score (nSPS) is 11.0. The second-order valence-electron chi connectivity index (χ2n) is 2.66. The first-order valence-electron chi connectivity index (χ1n) is 3.91. The average molecular weight is 216 g/mol. The molecule has 0 saturated carbocycles. The molecule has 2 heterocycles. The van der Waals surface area contributed by atoms with E-state index in [1.165, 1.54) is 0 Å². The van der Waals surface area contributed by atoms with Gasteiger partial charge in [0.2, 0.25) is 0 Å². The molecule has 0 fully saturated rings. The van der Waals surface area contributed by atoms with E-state index in [1.54, 1.807) is 16.8 Å². The second kappa shape index (κ2) is 3.16. The highest BCUT2D eigenvalue weighted by Gasteiger charge is 2.07. The summed E-state index contributed by atoms with van der Waals surface area (Å²) in [6.45, 7) is 2.04. The Hall–Kier alpha value is -0.800. The standard InChI is InChI=1S/C8H7Cl2N3/c1-2-5-4-11-13-7(10)3-6(9)12-8(5)13/h3-4H,2H2,1H3. The number of halogens is 2. The SMILES string of the molecule is CCc1cnn2c(Cl)cc(Cl)nc12. The first kappa shape index (κ1) is 8.78. The Morgan fingerprint density at radius 1 is 1.46 bits per heavy atom. The zero-order valence-electron chi connectivity index (χ0n) is 6.96. The van der Waals surface area contributed by atoms with Gasteiger partial charge in [-0.3, -0.25) is 0 Å². The van der Waals surface area contributed by atoms with Gasteiger partial charge in [-0.25, -0.2) is 9.50 Å². The van der Waals surface area contributed by atoms with Crippen LogP contribution >= 0.6 is 23.2 Å². The second-order valence-corrected chi connectivity index (χ2v) is 3.43. The number of hydrogen-bond donors (Lipinski definition) is 0. The molecule has 3 nitrogen and oxygen atoms in total. The fourth-order valence-corrected chi connectivity index (χ4v) is 1.66. The molecule has 2 aromatic heterocycles. The molecule has 13 heavy (non-hydrogen) atoms. The van der Waals surface area contributed by atoms with Crippen LogP contribution in [0.1, 0.15) is 12.5 Å². The summed E-state index contributed by atoms with van der Waals surface area (Å²) in [5.74, 6) is 0. The fourth-order valence-electron chi connectivity index (χ4n) is 1.19. The summed E-state index contributed by atoms with van der Waals surface area (Å²) in [4.78, 5) is 4.15. The minimum absolute atomic E-state index is 0.396. The summed E-state index contributed by atoms with van der Waals surface area (Å²) in [6, 6.07) is 1.57. The molecule has 0 unspecified atom stereocenters. The van der Waals surface area contributed by atoms with Crippen LogP contribution in [0.15, 0.2) is 12.3 Å². The third kappa shape index (κ3) is 1.38. The summed E-state index contributed by atoms with van der Waals surface area (Å²) in [5, 5.41) is 4.97. The maximum absolute atomic E-state index is 5.91. The van der Waals surface area contributed by atoms with Crippen molar-refractivity contribution >= 4 is 28.8 Å². The van der Waals surface area contributed by atoms with E-state index >= 15 is 0 Å². The van der Waals surface area contributed by atoms with Crippen molar-refractivity contribution in [2.24, 2.45) is 0 Å². The van der Waals surface area contributed by atoms with E-state index in [2.05, 4.69) is 10.1 Å². The number of fused-ring (bicyclic) bond motifs is 1. The van der Waals surface area contributed by atoms with Crippen LogP contribution in [0.5, 0.6) is 0 Å². The molecule has 0 bridgehead atoms. The number of nitrogens with zero attached hydrogens (tertiary/aromatic N) is 3. The van der Waals surface area contributed by atoms with Crippen molar-refractivity contribution < 1.29 is 0 Å². The maximum atomic E-state index is 5.91. The Morgan fingerprint density at radius 2 is 2.23 bits per heavy atom. The summed E-state index contributed by atoms with van der Waals surface area (Å²) in [5.41, 5.74) is 1.78. The average Bonchev–Trinajstić information content (AvgIpc) is 2.47. The molecule has 0 aliphatic rings. The van der Waals surface area contributed by atoms with E-state index in [0.29, 0.717) is 10.3 Å². The Morgan fingerprint density at radius 3 is 2.92 bits per heavy atom. The Balaban J connectivity index is 2.82. The monoisotopic (exact) mass is 215 g/mol. The summed E-state index contributed by atoms with van der Waals surface area (Å²) >= 11 is 11.7. The van der Waals surface area contributed by atoms with E-state index in [-0.39, 0.29) is 0 Å². The first-order chi connectivity index (χ1) is 6.22. The van der Waals surface area contributed by atoms with Gasteiger partial charge in [-0.15, -0.1) is 0 Å². The van der Waals surface area contributed by atoms with Gasteiger partial charge in [-0.05, 0) is 6.42 Å². The van der Waals surface area contributed by atoms with Crippen molar-refractivity contribution in [2.75, 3.05) is 0 Å². The number of hydrogen-bond acceptors (Lipinski definition) is 2. The molecule has 0 aliphatic heterocycles. The van der Waals surface area contributed by atoms with E-state index < -0.39 is 0 Å². The first-order valence-corrected chi connectivity index (χ1v) is 4.66. The van der Waals surface area contributed by atoms with Gasteiger partial charge in [0.25, 0.3) is 0 Å². The van der Waals surface area contributed by atoms with Crippen LogP contribution in [-0.2, 0) is 6.42 Å². The van der Waals surface area contributed by atoms with Crippen LogP contribution in [0.2, 0.25) is 10.3 Å². The van der Waals surface area contributed by atoms with Crippen LogP contribution in [0.25, 0.3) is 5.65 Å². The van der Waals surface area contributed by atoms with Gasteiger partial charge < -0.3 is 0 Å². The van der Waals surface area contributed by atoms with Crippen molar-refractivity contribution in [1.29, 1.82) is 0 Å². The maximum Gasteiger partial charge on any atom is 0.161 e. The van der Waals surface area contributed by atoms with Crippen molar-refractivity contribution in [3.05, 3.63) is 28.1 Å². The van der Waals surface area contributed by atoms with Crippen LogP contribution in [0.3, 0.4) is 0 Å². The van der Waals surface area contributed by atoms with E-state index in [1.807, 2.05) is 6.92 Å². The van der Waals surface area contributed by atoms with Crippen LogP contribution in [0.4, 0.5) is 0 Å². The molecule has 0 aromatic carbocycles. The molecule has 68 valence electrons. The van der Waals surface area contributed by atoms with Crippen molar-refractivity contribution in [2.45, 2.75) is 13.3 Å². The molecule has 0 amide bonds. The highest BCUT2D eigenvalue weighted by atomic mass is 35.5. The molecule has 2 rings (SSSR count). The third-order valence-corrected chi connectivity index (χ3v) is 2.31. The summed E-state index contributed by atoms with van der Waals surface area (Å²) < 4.78 is 1.58. The molecule has 0 radical (unpaired) electrons. The predicted molar refractivity (Wildman–Crippen MR) is 52.4 cm³/mol. The Labute approximate surface area is 85.3 Å². The molecule has 5 heteroatoms. The lowest BCUT2D eigenvalue weighted by atomic mass is 10.3. The van der Waals surface area contributed by atoms with Crippen molar-refractivity contribution in [3.63, 3.8) is 0 Å². The quantitative estimate of drug-likeness (QED) is 0.685. The van der Waals surface area contributed by atoms with Gasteiger partial charge >= 0.3 is 0 Å². The largest absolute Gasteiger partial charge is 0.216 e. The zero-order chi connectivity index (χ0) is 9.42. The molecule has 0 spiro atoms. The van der Waals surface area contributed by atoms with Gasteiger partial charge in [0.1, 0.15) is 10.3 Å². The Kier molecular flexibility index (Phi) is 2.14. The lowest BCUT2D eigenvalue weighted by molar-refractivity contribution is 0.940. The minimum Gasteiger partial charge on any atom is -0.216 e. The number of rotatable bonds is 1. The van der Waals surface area contributed by atoms with E-state index in [0.717, 1.165) is 17.6 Å². The molecule has 0 aliphatic carbocycles. The minimum atomic E-state index is 0.396. The van der Waals surface area contributed by atoms with Gasteiger partial charge in [0.15, 0.2) is 5.65 Å². The summed E-state index contributed by atoms with van der Waals surface area (Å²) in [7, 11) is 0. The zero-order valence-corrected chi connectivity index (χ0v) is 8.47. The van der Waals surface area contributed by atoms with Crippen LogP contribution in [-0.4, -0.2) is 14.6 Å². The third-order valence-electron chi connectivity index (χ3n) is 1.85. The topological polar surface area (TPSA) is 30.2 Å². The van der Waals surface area contributed by atoms with Crippen LogP contribution in [0, 0.1) is 0 Å². The molecular weight excluding hydrogens is 209 g/mol. The van der Waals surface area contributed by atoms with Gasteiger partial charge in [0, 0.05) is 11.6 Å². The number of aryl methyl sites for hydroxylation is 1.